The summed E-state index contributed by atoms with van der Waals surface area (Å²) in [7, 11) is 3.16. The van der Waals surface area contributed by atoms with Crippen molar-refractivity contribution in [2.45, 2.75) is 13.0 Å². The van der Waals surface area contributed by atoms with E-state index in [-0.39, 0.29) is 19.1 Å². The first-order chi connectivity index (χ1) is 9.99. The van der Waals surface area contributed by atoms with Crippen molar-refractivity contribution in [2.75, 3.05) is 33.9 Å². The van der Waals surface area contributed by atoms with Gasteiger partial charge in [-0.2, -0.15) is 0 Å². The van der Waals surface area contributed by atoms with Crippen molar-refractivity contribution in [3.8, 4) is 11.8 Å². The van der Waals surface area contributed by atoms with E-state index in [1.165, 1.54) is 12.0 Å². The Hall–Kier alpha value is -1.87. The highest BCUT2D eigenvalue weighted by Crippen LogP contribution is 2.12. The van der Waals surface area contributed by atoms with Crippen LogP contribution in [0.1, 0.15) is 21.5 Å². The van der Waals surface area contributed by atoms with Gasteiger partial charge in [0.15, 0.2) is 0 Å². The molecule has 1 atom stereocenters. The summed E-state index contributed by atoms with van der Waals surface area (Å²) in [5, 5.41) is 9.66. The van der Waals surface area contributed by atoms with Crippen LogP contribution >= 0.6 is 0 Å². The second-order valence-corrected chi connectivity index (χ2v) is 4.83. The van der Waals surface area contributed by atoms with Gasteiger partial charge in [-0.15, -0.1) is 0 Å². The molecule has 0 aliphatic carbocycles. The summed E-state index contributed by atoms with van der Waals surface area (Å²) in [5.41, 5.74) is 7.70. The predicted octanol–water partition coefficient (Wildman–Crippen LogP) is 0.385. The molecular weight excluding hydrogens is 268 g/mol. The number of likely N-dealkylation sites (N-methyl/N-ethyl adjacent to an activating group) is 1. The first-order valence-electron chi connectivity index (χ1n) is 6.71. The third-order valence-electron chi connectivity index (χ3n) is 2.99. The number of amides is 1. The quantitative estimate of drug-likeness (QED) is 0.769. The van der Waals surface area contributed by atoms with Crippen molar-refractivity contribution in [3.63, 3.8) is 0 Å². The molecule has 0 aliphatic rings. The summed E-state index contributed by atoms with van der Waals surface area (Å²) >= 11 is 0. The fourth-order valence-electron chi connectivity index (χ4n) is 1.95. The lowest BCUT2D eigenvalue weighted by atomic mass is 10.0. The smallest absolute Gasteiger partial charge is 0.253 e. The standard InChI is InChI=1S/C16H22N2O3/c1-12-9-14(7-6-13(12)5-4-8-17)16(20)18(2)10-15(19)11-21-3/h6-7,9,15,19H,8,10-11,17H2,1-3H3. The first kappa shape index (κ1) is 17.2. The van der Waals surface area contributed by atoms with Crippen molar-refractivity contribution in [1.29, 1.82) is 0 Å². The highest BCUT2D eigenvalue weighted by atomic mass is 16.5. The van der Waals surface area contributed by atoms with Gasteiger partial charge in [0.05, 0.1) is 19.3 Å². The Morgan fingerprint density at radius 2 is 2.24 bits per heavy atom. The highest BCUT2D eigenvalue weighted by molar-refractivity contribution is 5.94. The van der Waals surface area contributed by atoms with Gasteiger partial charge < -0.3 is 20.5 Å². The molecule has 0 heterocycles. The molecular formula is C16H22N2O3. The Labute approximate surface area is 125 Å². The minimum atomic E-state index is -0.695. The number of nitrogens with two attached hydrogens (primary N) is 1. The molecule has 0 aromatic heterocycles. The summed E-state index contributed by atoms with van der Waals surface area (Å²) in [4.78, 5) is 13.8. The van der Waals surface area contributed by atoms with Gasteiger partial charge in [0, 0.05) is 31.8 Å². The van der Waals surface area contributed by atoms with Crippen LogP contribution < -0.4 is 5.73 Å². The molecule has 1 unspecified atom stereocenters. The Morgan fingerprint density at radius 3 is 2.81 bits per heavy atom. The molecule has 0 saturated carbocycles. The molecule has 0 spiro atoms. The molecule has 1 aromatic carbocycles. The summed E-state index contributed by atoms with van der Waals surface area (Å²) < 4.78 is 4.85. The number of hydrogen-bond acceptors (Lipinski definition) is 4. The second-order valence-electron chi connectivity index (χ2n) is 4.83. The lowest BCUT2D eigenvalue weighted by molar-refractivity contribution is 0.0380. The molecule has 1 amide bonds. The summed E-state index contributed by atoms with van der Waals surface area (Å²) in [6.07, 6.45) is -0.695. The number of aryl methyl sites for hydroxylation is 1. The lowest BCUT2D eigenvalue weighted by Crippen LogP contribution is -2.36. The van der Waals surface area contributed by atoms with Crippen LogP contribution in [0.5, 0.6) is 0 Å². The Kier molecular flexibility index (Phi) is 6.89. The zero-order valence-electron chi connectivity index (χ0n) is 12.7. The van der Waals surface area contributed by atoms with E-state index in [1.807, 2.05) is 13.0 Å². The number of aliphatic hydroxyl groups excluding tert-OH is 1. The van der Waals surface area contributed by atoms with E-state index in [4.69, 9.17) is 10.5 Å². The molecule has 0 saturated heterocycles. The minimum absolute atomic E-state index is 0.147. The van der Waals surface area contributed by atoms with E-state index in [1.54, 1.807) is 19.2 Å². The predicted molar refractivity (Wildman–Crippen MR) is 82.0 cm³/mol. The van der Waals surface area contributed by atoms with Crippen LogP contribution in [0.2, 0.25) is 0 Å². The van der Waals surface area contributed by atoms with E-state index < -0.39 is 6.10 Å². The molecule has 0 bridgehead atoms. The van der Waals surface area contributed by atoms with Crippen LogP contribution in [0.25, 0.3) is 0 Å². The minimum Gasteiger partial charge on any atom is -0.389 e. The van der Waals surface area contributed by atoms with Crippen LogP contribution in [-0.2, 0) is 4.74 Å². The zero-order valence-corrected chi connectivity index (χ0v) is 12.7. The Bertz CT molecular complexity index is 546. The molecule has 1 aromatic rings. The number of rotatable bonds is 5. The van der Waals surface area contributed by atoms with Gasteiger partial charge in [-0.05, 0) is 30.7 Å². The average molecular weight is 290 g/mol. The number of aliphatic hydroxyl groups is 1. The van der Waals surface area contributed by atoms with Crippen molar-refractivity contribution in [1.82, 2.24) is 4.90 Å². The molecule has 114 valence electrons. The molecule has 0 fully saturated rings. The Morgan fingerprint density at radius 1 is 1.52 bits per heavy atom. The molecule has 5 heteroatoms. The highest BCUT2D eigenvalue weighted by Gasteiger charge is 2.15. The number of methoxy groups -OCH3 is 1. The zero-order chi connectivity index (χ0) is 15.8. The molecule has 0 aliphatic heterocycles. The SMILES string of the molecule is COCC(O)CN(C)C(=O)c1ccc(C#CCN)c(C)c1. The van der Waals surface area contributed by atoms with Gasteiger partial charge in [0.2, 0.25) is 0 Å². The monoisotopic (exact) mass is 290 g/mol. The number of hydrogen-bond donors (Lipinski definition) is 2. The van der Waals surface area contributed by atoms with E-state index in [0.717, 1.165) is 11.1 Å². The molecule has 1 rings (SSSR count). The normalized spacial score (nSPS) is 11.5. The van der Waals surface area contributed by atoms with Gasteiger partial charge in [0.1, 0.15) is 0 Å². The largest absolute Gasteiger partial charge is 0.389 e. The van der Waals surface area contributed by atoms with Crippen LogP contribution in [0.4, 0.5) is 0 Å². The molecule has 3 N–H and O–H groups in total. The van der Waals surface area contributed by atoms with E-state index in [2.05, 4.69) is 11.8 Å². The van der Waals surface area contributed by atoms with Crippen molar-refractivity contribution >= 4 is 5.91 Å². The average Bonchev–Trinajstić information content (AvgIpc) is 2.45. The van der Waals surface area contributed by atoms with E-state index in [0.29, 0.717) is 12.1 Å². The Balaban J connectivity index is 2.81. The van der Waals surface area contributed by atoms with E-state index >= 15 is 0 Å². The van der Waals surface area contributed by atoms with Crippen LogP contribution in [0, 0.1) is 18.8 Å². The fraction of sp³-hybridized carbons (Fsp3) is 0.438. The molecule has 5 nitrogen and oxygen atoms in total. The topological polar surface area (TPSA) is 75.8 Å². The maximum atomic E-state index is 12.3. The summed E-state index contributed by atoms with van der Waals surface area (Å²) in [6.45, 7) is 2.63. The van der Waals surface area contributed by atoms with Crippen LogP contribution in [0.15, 0.2) is 18.2 Å². The van der Waals surface area contributed by atoms with Crippen molar-refractivity contribution in [3.05, 3.63) is 34.9 Å². The summed E-state index contributed by atoms with van der Waals surface area (Å²) in [5.74, 6) is 5.61. The van der Waals surface area contributed by atoms with Crippen LogP contribution in [0.3, 0.4) is 0 Å². The molecule has 0 radical (unpaired) electrons. The number of benzene rings is 1. The van der Waals surface area contributed by atoms with Gasteiger partial charge in [-0.1, -0.05) is 11.8 Å². The number of carbonyl (C=O) groups excluding carboxylic acids is 1. The maximum Gasteiger partial charge on any atom is 0.253 e. The van der Waals surface area contributed by atoms with Gasteiger partial charge >= 0.3 is 0 Å². The fourth-order valence-corrected chi connectivity index (χ4v) is 1.95. The first-order valence-corrected chi connectivity index (χ1v) is 6.71. The maximum absolute atomic E-state index is 12.3. The second kappa shape index (κ2) is 8.42. The third kappa shape index (κ3) is 5.20. The van der Waals surface area contributed by atoms with Crippen molar-refractivity contribution < 1.29 is 14.6 Å². The molecule has 21 heavy (non-hydrogen) atoms. The third-order valence-corrected chi connectivity index (χ3v) is 2.99. The number of nitrogens with zero attached hydrogens (tertiary/aromatic N) is 1. The number of ether oxygens (including phenoxy) is 1. The summed E-state index contributed by atoms with van der Waals surface area (Å²) in [6, 6.07) is 5.34. The lowest BCUT2D eigenvalue weighted by Gasteiger charge is -2.20. The van der Waals surface area contributed by atoms with E-state index in [9.17, 15) is 9.90 Å². The van der Waals surface area contributed by atoms with Crippen LogP contribution in [-0.4, -0.2) is 55.9 Å². The van der Waals surface area contributed by atoms with Gasteiger partial charge in [0.25, 0.3) is 5.91 Å². The van der Waals surface area contributed by atoms with Crippen molar-refractivity contribution in [2.24, 2.45) is 5.73 Å². The van der Waals surface area contributed by atoms with Gasteiger partial charge in [-0.3, -0.25) is 4.79 Å². The number of carbonyl (C=O) groups is 1. The van der Waals surface area contributed by atoms with Gasteiger partial charge in [-0.25, -0.2) is 0 Å².